The van der Waals surface area contributed by atoms with E-state index >= 15 is 0 Å². The van der Waals surface area contributed by atoms with Crippen molar-refractivity contribution in [2.24, 2.45) is 5.73 Å². The second-order valence-electron chi connectivity index (χ2n) is 4.97. The maximum Gasteiger partial charge on any atom is 0.126 e. The SMILES string of the molecule is Cc1cc(C(N)c2ccc(N(C)C)cc2)ccc1F. The predicted molar refractivity (Wildman–Crippen MR) is 77.9 cm³/mol. The van der Waals surface area contributed by atoms with Crippen molar-refractivity contribution in [2.45, 2.75) is 13.0 Å². The lowest BCUT2D eigenvalue weighted by Crippen LogP contribution is -2.13. The number of benzene rings is 2. The summed E-state index contributed by atoms with van der Waals surface area (Å²) in [4.78, 5) is 2.04. The van der Waals surface area contributed by atoms with Crippen LogP contribution in [0.4, 0.5) is 10.1 Å². The summed E-state index contributed by atoms with van der Waals surface area (Å²) < 4.78 is 13.3. The molecule has 0 saturated heterocycles. The maximum absolute atomic E-state index is 13.3. The third-order valence-corrected chi connectivity index (χ3v) is 3.31. The van der Waals surface area contributed by atoms with Crippen LogP contribution in [0.25, 0.3) is 0 Å². The molecule has 100 valence electrons. The van der Waals surface area contributed by atoms with Crippen LogP contribution in [0, 0.1) is 12.7 Å². The van der Waals surface area contributed by atoms with Crippen LogP contribution >= 0.6 is 0 Å². The first-order chi connectivity index (χ1) is 8.99. The second-order valence-corrected chi connectivity index (χ2v) is 4.97. The van der Waals surface area contributed by atoms with E-state index in [9.17, 15) is 4.39 Å². The largest absolute Gasteiger partial charge is 0.378 e. The van der Waals surface area contributed by atoms with Gasteiger partial charge < -0.3 is 10.6 Å². The summed E-state index contributed by atoms with van der Waals surface area (Å²) in [5.74, 6) is -0.195. The summed E-state index contributed by atoms with van der Waals surface area (Å²) in [7, 11) is 4.00. The summed E-state index contributed by atoms with van der Waals surface area (Å²) >= 11 is 0. The number of rotatable bonds is 3. The molecule has 2 nitrogen and oxygen atoms in total. The lowest BCUT2D eigenvalue weighted by molar-refractivity contribution is 0.617. The molecule has 0 aliphatic heterocycles. The van der Waals surface area contributed by atoms with E-state index in [4.69, 9.17) is 5.73 Å². The first kappa shape index (κ1) is 13.6. The Bertz CT molecular complexity index is 561. The lowest BCUT2D eigenvalue weighted by Gasteiger charge is -2.16. The third kappa shape index (κ3) is 2.93. The number of aryl methyl sites for hydroxylation is 1. The summed E-state index contributed by atoms with van der Waals surface area (Å²) in [6.07, 6.45) is 0. The number of hydrogen-bond donors (Lipinski definition) is 1. The second kappa shape index (κ2) is 5.41. The highest BCUT2D eigenvalue weighted by Crippen LogP contribution is 2.23. The zero-order valence-corrected chi connectivity index (χ0v) is 11.5. The Morgan fingerprint density at radius 3 is 2.11 bits per heavy atom. The van der Waals surface area contributed by atoms with E-state index in [0.717, 1.165) is 16.8 Å². The molecule has 2 aromatic rings. The molecule has 0 spiro atoms. The predicted octanol–water partition coefficient (Wildman–Crippen LogP) is 3.25. The molecule has 3 heteroatoms. The van der Waals surface area contributed by atoms with Gasteiger partial charge in [0.15, 0.2) is 0 Å². The molecule has 2 aromatic carbocycles. The van der Waals surface area contributed by atoms with Crippen molar-refractivity contribution >= 4 is 5.69 Å². The van der Waals surface area contributed by atoms with Crippen molar-refractivity contribution in [3.05, 3.63) is 65.0 Å². The van der Waals surface area contributed by atoms with Crippen LogP contribution < -0.4 is 10.6 Å². The fourth-order valence-electron chi connectivity index (χ4n) is 2.03. The Balaban J connectivity index is 2.27. The monoisotopic (exact) mass is 258 g/mol. The van der Waals surface area contributed by atoms with Crippen LogP contribution in [0.15, 0.2) is 42.5 Å². The summed E-state index contributed by atoms with van der Waals surface area (Å²) in [6.45, 7) is 1.75. The van der Waals surface area contributed by atoms with Gasteiger partial charge in [-0.3, -0.25) is 0 Å². The van der Waals surface area contributed by atoms with Gasteiger partial charge in [-0.2, -0.15) is 0 Å². The molecule has 0 heterocycles. The quantitative estimate of drug-likeness (QED) is 0.915. The summed E-state index contributed by atoms with van der Waals surface area (Å²) in [5.41, 5.74) is 9.93. The summed E-state index contributed by atoms with van der Waals surface area (Å²) in [6, 6.07) is 12.9. The van der Waals surface area contributed by atoms with Crippen molar-refractivity contribution in [2.75, 3.05) is 19.0 Å². The number of anilines is 1. The van der Waals surface area contributed by atoms with Crippen LogP contribution in [0.1, 0.15) is 22.7 Å². The fraction of sp³-hybridized carbons (Fsp3) is 0.250. The van der Waals surface area contributed by atoms with E-state index in [2.05, 4.69) is 0 Å². The Labute approximate surface area is 113 Å². The van der Waals surface area contributed by atoms with Crippen molar-refractivity contribution < 1.29 is 4.39 Å². The van der Waals surface area contributed by atoms with Crippen LogP contribution in [0.5, 0.6) is 0 Å². The minimum Gasteiger partial charge on any atom is -0.378 e. The van der Waals surface area contributed by atoms with Crippen LogP contribution in [-0.2, 0) is 0 Å². The molecule has 2 rings (SSSR count). The Morgan fingerprint density at radius 1 is 1.00 bits per heavy atom. The highest BCUT2D eigenvalue weighted by molar-refractivity contribution is 5.47. The van der Waals surface area contributed by atoms with Gasteiger partial charge in [0.25, 0.3) is 0 Å². The third-order valence-electron chi connectivity index (χ3n) is 3.31. The maximum atomic E-state index is 13.3. The molecular formula is C16H19FN2. The topological polar surface area (TPSA) is 29.3 Å². The van der Waals surface area contributed by atoms with E-state index in [-0.39, 0.29) is 11.9 Å². The van der Waals surface area contributed by atoms with E-state index < -0.39 is 0 Å². The molecule has 0 aliphatic rings. The smallest absolute Gasteiger partial charge is 0.126 e. The fourth-order valence-corrected chi connectivity index (χ4v) is 2.03. The molecule has 0 aromatic heterocycles. The molecule has 0 fully saturated rings. The zero-order chi connectivity index (χ0) is 14.0. The molecule has 2 N–H and O–H groups in total. The number of hydrogen-bond acceptors (Lipinski definition) is 2. The average Bonchev–Trinajstić information content (AvgIpc) is 2.41. The molecule has 1 atom stereocenters. The number of nitrogens with zero attached hydrogens (tertiary/aromatic N) is 1. The van der Waals surface area contributed by atoms with Crippen LogP contribution in [-0.4, -0.2) is 14.1 Å². The van der Waals surface area contributed by atoms with Crippen LogP contribution in [0.3, 0.4) is 0 Å². The van der Waals surface area contributed by atoms with Crippen molar-refractivity contribution in [3.63, 3.8) is 0 Å². The lowest BCUT2D eigenvalue weighted by atomic mass is 9.98. The molecule has 0 radical (unpaired) electrons. The van der Waals surface area contributed by atoms with E-state index in [1.165, 1.54) is 6.07 Å². The average molecular weight is 258 g/mol. The van der Waals surface area contributed by atoms with E-state index in [1.54, 1.807) is 19.1 Å². The molecule has 1 unspecified atom stereocenters. The minimum absolute atomic E-state index is 0.195. The Hall–Kier alpha value is -1.87. The molecule has 19 heavy (non-hydrogen) atoms. The molecule has 0 saturated carbocycles. The zero-order valence-electron chi connectivity index (χ0n) is 11.5. The molecule has 0 amide bonds. The highest BCUT2D eigenvalue weighted by Gasteiger charge is 2.10. The minimum atomic E-state index is -0.226. The summed E-state index contributed by atoms with van der Waals surface area (Å²) in [5, 5.41) is 0. The van der Waals surface area contributed by atoms with E-state index in [0.29, 0.717) is 5.56 Å². The van der Waals surface area contributed by atoms with Gasteiger partial charge in [-0.05, 0) is 41.8 Å². The van der Waals surface area contributed by atoms with Crippen molar-refractivity contribution in [1.82, 2.24) is 0 Å². The highest BCUT2D eigenvalue weighted by atomic mass is 19.1. The van der Waals surface area contributed by atoms with Crippen molar-refractivity contribution in [1.29, 1.82) is 0 Å². The first-order valence-corrected chi connectivity index (χ1v) is 6.28. The molecular weight excluding hydrogens is 239 g/mol. The van der Waals surface area contributed by atoms with E-state index in [1.807, 2.05) is 43.3 Å². The van der Waals surface area contributed by atoms with Gasteiger partial charge >= 0.3 is 0 Å². The van der Waals surface area contributed by atoms with Gasteiger partial charge in [0.1, 0.15) is 5.82 Å². The molecule has 0 bridgehead atoms. The van der Waals surface area contributed by atoms with Gasteiger partial charge in [-0.25, -0.2) is 4.39 Å². The Morgan fingerprint density at radius 2 is 1.58 bits per heavy atom. The van der Waals surface area contributed by atoms with Gasteiger partial charge in [-0.15, -0.1) is 0 Å². The van der Waals surface area contributed by atoms with Gasteiger partial charge in [0.2, 0.25) is 0 Å². The van der Waals surface area contributed by atoms with Gasteiger partial charge in [0.05, 0.1) is 6.04 Å². The standard InChI is InChI=1S/C16H19FN2/c1-11-10-13(6-9-15(11)17)16(18)12-4-7-14(8-5-12)19(2)3/h4-10,16H,18H2,1-3H3. The number of halogens is 1. The van der Waals surface area contributed by atoms with Gasteiger partial charge in [-0.1, -0.05) is 24.3 Å². The first-order valence-electron chi connectivity index (χ1n) is 6.28. The molecule has 0 aliphatic carbocycles. The number of nitrogens with two attached hydrogens (primary N) is 1. The van der Waals surface area contributed by atoms with Gasteiger partial charge in [0, 0.05) is 19.8 Å². The van der Waals surface area contributed by atoms with Crippen molar-refractivity contribution in [3.8, 4) is 0 Å². The van der Waals surface area contributed by atoms with Crippen LogP contribution in [0.2, 0.25) is 0 Å². The Kier molecular flexibility index (Phi) is 3.86. The normalized spacial score (nSPS) is 12.3.